The standard InChI is InChI=1S/C26H27FN2O4/c27-22-8-4-7-21(13-22)26-23(20-5-2-1-3-6-20)14-24(30)29(28-26)15-18-9-11-19(12-10-18)16-33-17-25(31)32/h1-8,13-14,18-19H,9-12,15-17H2,(H,31,32)/t18-,19+. The first-order valence-corrected chi connectivity index (χ1v) is 11.2. The summed E-state index contributed by atoms with van der Waals surface area (Å²) < 4.78 is 20.7. The first-order valence-electron chi connectivity index (χ1n) is 11.2. The summed E-state index contributed by atoms with van der Waals surface area (Å²) in [5, 5.41) is 13.4. The zero-order valence-corrected chi connectivity index (χ0v) is 18.3. The second-order valence-corrected chi connectivity index (χ2v) is 8.60. The highest BCUT2D eigenvalue weighted by Gasteiger charge is 2.23. The lowest BCUT2D eigenvalue weighted by Gasteiger charge is -2.28. The van der Waals surface area contributed by atoms with Crippen LogP contribution in [0.2, 0.25) is 0 Å². The molecule has 0 unspecified atom stereocenters. The van der Waals surface area contributed by atoms with Crippen LogP contribution in [0.4, 0.5) is 4.39 Å². The van der Waals surface area contributed by atoms with Gasteiger partial charge in [-0.1, -0.05) is 42.5 Å². The van der Waals surface area contributed by atoms with Crippen molar-refractivity contribution in [1.82, 2.24) is 9.78 Å². The topological polar surface area (TPSA) is 81.4 Å². The van der Waals surface area contributed by atoms with Crippen LogP contribution in [-0.2, 0) is 16.1 Å². The maximum Gasteiger partial charge on any atom is 0.329 e. The molecule has 1 aliphatic carbocycles. The number of aromatic nitrogens is 2. The van der Waals surface area contributed by atoms with E-state index in [-0.39, 0.29) is 18.0 Å². The normalized spacial score (nSPS) is 18.2. The lowest BCUT2D eigenvalue weighted by molar-refractivity contribution is -0.142. The van der Waals surface area contributed by atoms with Crippen LogP contribution in [0, 0.1) is 17.7 Å². The first kappa shape index (κ1) is 22.9. The third-order valence-electron chi connectivity index (χ3n) is 6.16. The SMILES string of the molecule is O=C(O)COC[C@H]1CC[C@@H](Cn2nc(-c3cccc(F)c3)c(-c3ccccc3)cc2=O)CC1. The quantitative estimate of drug-likeness (QED) is 0.541. The number of rotatable bonds is 8. The van der Waals surface area contributed by atoms with Crippen LogP contribution in [0.1, 0.15) is 25.7 Å². The van der Waals surface area contributed by atoms with Gasteiger partial charge < -0.3 is 9.84 Å². The van der Waals surface area contributed by atoms with Gasteiger partial charge in [-0.15, -0.1) is 0 Å². The second kappa shape index (κ2) is 10.5. The molecule has 0 spiro atoms. The summed E-state index contributed by atoms with van der Waals surface area (Å²) in [6, 6.07) is 17.4. The number of carbonyl (C=O) groups is 1. The molecule has 3 aromatic rings. The lowest BCUT2D eigenvalue weighted by Crippen LogP contribution is -2.29. The molecule has 0 aliphatic heterocycles. The van der Waals surface area contributed by atoms with Crippen LogP contribution in [0.3, 0.4) is 0 Å². The molecular formula is C26H27FN2O4. The van der Waals surface area contributed by atoms with Crippen molar-refractivity contribution in [3.05, 3.63) is 76.8 Å². The molecule has 1 N–H and O–H groups in total. The Morgan fingerprint density at radius 3 is 2.39 bits per heavy atom. The molecule has 0 radical (unpaired) electrons. The zero-order valence-electron chi connectivity index (χ0n) is 18.3. The molecule has 4 rings (SSSR count). The van der Waals surface area contributed by atoms with Gasteiger partial charge in [0.15, 0.2) is 0 Å². The van der Waals surface area contributed by atoms with Gasteiger partial charge in [0.25, 0.3) is 5.56 Å². The molecule has 6 nitrogen and oxygen atoms in total. The Labute approximate surface area is 191 Å². The minimum absolute atomic E-state index is 0.180. The number of nitrogens with zero attached hydrogens (tertiary/aromatic N) is 2. The van der Waals surface area contributed by atoms with Gasteiger partial charge >= 0.3 is 5.97 Å². The fourth-order valence-electron chi connectivity index (χ4n) is 4.45. The highest BCUT2D eigenvalue weighted by atomic mass is 19.1. The Balaban J connectivity index is 1.54. The van der Waals surface area contributed by atoms with Gasteiger partial charge in [0.1, 0.15) is 12.4 Å². The molecule has 1 fully saturated rings. The summed E-state index contributed by atoms with van der Waals surface area (Å²) >= 11 is 0. The monoisotopic (exact) mass is 450 g/mol. The smallest absolute Gasteiger partial charge is 0.329 e. The van der Waals surface area contributed by atoms with Gasteiger partial charge in [0, 0.05) is 23.7 Å². The maximum absolute atomic E-state index is 14.0. The van der Waals surface area contributed by atoms with Gasteiger partial charge in [-0.3, -0.25) is 4.79 Å². The van der Waals surface area contributed by atoms with Gasteiger partial charge in [0.2, 0.25) is 0 Å². The fraction of sp³-hybridized carbons (Fsp3) is 0.346. The second-order valence-electron chi connectivity index (χ2n) is 8.60. The number of aliphatic carboxylic acids is 1. The van der Waals surface area contributed by atoms with E-state index >= 15 is 0 Å². The van der Waals surface area contributed by atoms with E-state index in [1.807, 2.05) is 30.3 Å². The van der Waals surface area contributed by atoms with E-state index in [0.29, 0.717) is 41.8 Å². The summed E-state index contributed by atoms with van der Waals surface area (Å²) in [6.07, 6.45) is 3.70. The number of carboxylic acid groups (broad SMARTS) is 1. The lowest BCUT2D eigenvalue weighted by atomic mass is 9.82. The van der Waals surface area contributed by atoms with Crippen molar-refractivity contribution in [1.29, 1.82) is 0 Å². The molecular weight excluding hydrogens is 423 g/mol. The molecule has 0 amide bonds. The zero-order chi connectivity index (χ0) is 23.2. The van der Waals surface area contributed by atoms with Crippen molar-refractivity contribution in [2.24, 2.45) is 11.8 Å². The van der Waals surface area contributed by atoms with Crippen molar-refractivity contribution >= 4 is 5.97 Å². The highest BCUT2D eigenvalue weighted by molar-refractivity contribution is 5.80. The van der Waals surface area contributed by atoms with Crippen LogP contribution in [0.15, 0.2) is 65.5 Å². The predicted molar refractivity (Wildman–Crippen MR) is 123 cm³/mol. The molecule has 1 aliphatic rings. The Bertz CT molecular complexity index is 1150. The van der Waals surface area contributed by atoms with Gasteiger partial charge in [-0.05, 0) is 55.2 Å². The molecule has 0 atom stereocenters. The molecule has 1 heterocycles. The van der Waals surface area contributed by atoms with Crippen LogP contribution in [0.25, 0.3) is 22.4 Å². The number of hydrogen-bond acceptors (Lipinski definition) is 4. The minimum atomic E-state index is -0.956. The van der Waals surface area contributed by atoms with Crippen molar-refractivity contribution in [3.63, 3.8) is 0 Å². The Morgan fingerprint density at radius 2 is 1.70 bits per heavy atom. The molecule has 7 heteroatoms. The number of ether oxygens (including phenoxy) is 1. The van der Waals surface area contributed by atoms with Crippen molar-refractivity contribution in [2.75, 3.05) is 13.2 Å². The summed E-state index contributed by atoms with van der Waals surface area (Å²) in [6.45, 7) is 0.682. The van der Waals surface area contributed by atoms with E-state index in [9.17, 15) is 14.0 Å². The molecule has 0 saturated heterocycles. The summed E-state index contributed by atoms with van der Waals surface area (Å²) in [5.41, 5.74) is 2.57. The van der Waals surface area contributed by atoms with E-state index in [4.69, 9.17) is 9.84 Å². The summed E-state index contributed by atoms with van der Waals surface area (Å²) in [4.78, 5) is 23.6. The molecule has 172 valence electrons. The predicted octanol–water partition coefficient (Wildman–Crippen LogP) is 4.62. The van der Waals surface area contributed by atoms with E-state index in [2.05, 4.69) is 5.10 Å². The van der Waals surface area contributed by atoms with Crippen molar-refractivity contribution in [2.45, 2.75) is 32.2 Å². The maximum atomic E-state index is 14.0. The summed E-state index contributed by atoms with van der Waals surface area (Å²) in [7, 11) is 0. The molecule has 2 aromatic carbocycles. The molecule has 0 bridgehead atoms. The van der Waals surface area contributed by atoms with Crippen LogP contribution in [0.5, 0.6) is 0 Å². The third-order valence-corrected chi connectivity index (χ3v) is 6.16. The van der Waals surface area contributed by atoms with Crippen molar-refractivity contribution in [3.8, 4) is 22.4 Å². The van der Waals surface area contributed by atoms with E-state index in [1.165, 1.54) is 16.8 Å². The Morgan fingerprint density at radius 1 is 1.00 bits per heavy atom. The molecule has 33 heavy (non-hydrogen) atoms. The van der Waals surface area contributed by atoms with E-state index in [0.717, 1.165) is 31.2 Å². The average Bonchev–Trinajstić information content (AvgIpc) is 2.81. The average molecular weight is 451 g/mol. The van der Waals surface area contributed by atoms with E-state index in [1.54, 1.807) is 18.2 Å². The van der Waals surface area contributed by atoms with Gasteiger partial charge in [-0.25, -0.2) is 13.9 Å². The fourth-order valence-corrected chi connectivity index (χ4v) is 4.45. The number of halogens is 1. The van der Waals surface area contributed by atoms with Crippen LogP contribution >= 0.6 is 0 Å². The highest BCUT2D eigenvalue weighted by Crippen LogP contribution is 2.32. The van der Waals surface area contributed by atoms with Gasteiger partial charge in [0.05, 0.1) is 12.3 Å². The number of benzene rings is 2. The van der Waals surface area contributed by atoms with Gasteiger partial charge in [-0.2, -0.15) is 5.10 Å². The number of carboxylic acids is 1. The first-order chi connectivity index (χ1) is 16.0. The minimum Gasteiger partial charge on any atom is -0.480 e. The third kappa shape index (κ3) is 5.93. The summed E-state index contributed by atoms with van der Waals surface area (Å²) in [5.74, 6) is -0.667. The Kier molecular flexibility index (Phi) is 7.29. The van der Waals surface area contributed by atoms with Crippen molar-refractivity contribution < 1.29 is 19.0 Å². The van der Waals surface area contributed by atoms with Crippen LogP contribution < -0.4 is 5.56 Å². The Hall–Kier alpha value is -3.32. The molecule has 1 aromatic heterocycles. The largest absolute Gasteiger partial charge is 0.480 e. The molecule has 1 saturated carbocycles. The number of hydrogen-bond donors (Lipinski definition) is 1. The van der Waals surface area contributed by atoms with Crippen LogP contribution in [-0.4, -0.2) is 34.1 Å². The van der Waals surface area contributed by atoms with E-state index < -0.39 is 5.97 Å².